The number of rotatable bonds is 7. The van der Waals surface area contributed by atoms with E-state index < -0.39 is 16.1 Å². The topological polar surface area (TPSA) is 66.4 Å². The fourth-order valence-electron chi connectivity index (χ4n) is 2.03. The first-order valence-electron chi connectivity index (χ1n) is 6.88. The van der Waals surface area contributed by atoms with Crippen molar-refractivity contribution in [2.45, 2.75) is 18.3 Å². The van der Waals surface area contributed by atoms with E-state index in [0.29, 0.717) is 17.0 Å². The monoisotopic (exact) mass is 339 g/mol. The van der Waals surface area contributed by atoms with Gasteiger partial charge in [-0.1, -0.05) is 54.1 Å². The molecule has 0 aliphatic rings. The maximum absolute atomic E-state index is 12.0. The largest absolute Gasteiger partial charge is 0.391 e. The molecule has 0 fully saturated rings. The van der Waals surface area contributed by atoms with Crippen molar-refractivity contribution in [1.82, 2.24) is 4.72 Å². The lowest BCUT2D eigenvalue weighted by Crippen LogP contribution is -2.34. The molecule has 0 aromatic heterocycles. The van der Waals surface area contributed by atoms with Crippen molar-refractivity contribution in [3.8, 4) is 0 Å². The lowest BCUT2D eigenvalue weighted by Gasteiger charge is -2.12. The van der Waals surface area contributed by atoms with Gasteiger partial charge in [0.2, 0.25) is 10.0 Å². The van der Waals surface area contributed by atoms with Gasteiger partial charge in [-0.25, -0.2) is 13.1 Å². The van der Waals surface area contributed by atoms with E-state index in [4.69, 9.17) is 11.6 Å². The van der Waals surface area contributed by atoms with Crippen LogP contribution in [-0.2, 0) is 22.2 Å². The van der Waals surface area contributed by atoms with Gasteiger partial charge < -0.3 is 5.11 Å². The average Bonchev–Trinajstić information content (AvgIpc) is 2.49. The fraction of sp³-hybridized carbons (Fsp3) is 0.250. The smallest absolute Gasteiger partial charge is 0.215 e. The quantitative estimate of drug-likeness (QED) is 0.813. The molecule has 0 saturated heterocycles. The number of halogens is 1. The summed E-state index contributed by atoms with van der Waals surface area (Å²) in [6, 6.07) is 16.1. The highest BCUT2D eigenvalue weighted by atomic mass is 35.5. The van der Waals surface area contributed by atoms with Gasteiger partial charge in [-0.15, -0.1) is 0 Å². The summed E-state index contributed by atoms with van der Waals surface area (Å²) in [6.07, 6.45) is -0.355. The second-order valence-corrected chi connectivity index (χ2v) is 7.32. The van der Waals surface area contributed by atoms with Gasteiger partial charge >= 0.3 is 0 Å². The summed E-state index contributed by atoms with van der Waals surface area (Å²) in [5.41, 5.74) is 1.61. The van der Waals surface area contributed by atoms with Crippen LogP contribution in [0, 0.1) is 0 Å². The minimum Gasteiger partial charge on any atom is -0.391 e. The summed E-state index contributed by atoms with van der Waals surface area (Å²) in [6.45, 7) is -0.00911. The van der Waals surface area contributed by atoms with Gasteiger partial charge in [0.05, 0.1) is 11.9 Å². The van der Waals surface area contributed by atoms with E-state index in [1.807, 2.05) is 30.3 Å². The highest BCUT2D eigenvalue weighted by molar-refractivity contribution is 7.88. The molecule has 6 heteroatoms. The third kappa shape index (κ3) is 5.77. The molecular weight excluding hydrogens is 322 g/mol. The molecule has 2 aromatic carbocycles. The molecule has 118 valence electrons. The van der Waals surface area contributed by atoms with Crippen molar-refractivity contribution >= 4 is 21.6 Å². The van der Waals surface area contributed by atoms with Gasteiger partial charge in [-0.2, -0.15) is 0 Å². The summed E-state index contributed by atoms with van der Waals surface area (Å²) in [7, 11) is -3.49. The molecule has 2 aromatic rings. The molecule has 0 heterocycles. The summed E-state index contributed by atoms with van der Waals surface area (Å²) < 4.78 is 26.4. The van der Waals surface area contributed by atoms with E-state index in [9.17, 15) is 13.5 Å². The van der Waals surface area contributed by atoms with Crippen LogP contribution in [0.3, 0.4) is 0 Å². The minimum atomic E-state index is -3.49. The number of benzene rings is 2. The molecule has 1 unspecified atom stereocenters. The second kappa shape index (κ2) is 7.74. The number of hydrogen-bond acceptors (Lipinski definition) is 3. The summed E-state index contributed by atoms with van der Waals surface area (Å²) >= 11 is 5.76. The molecule has 0 aliphatic carbocycles. The number of hydrogen-bond donors (Lipinski definition) is 2. The predicted molar refractivity (Wildman–Crippen MR) is 88.2 cm³/mol. The first kappa shape index (κ1) is 17.0. The molecule has 4 nitrogen and oxygen atoms in total. The van der Waals surface area contributed by atoms with Crippen LogP contribution in [0.25, 0.3) is 0 Å². The fourth-order valence-corrected chi connectivity index (χ4v) is 3.34. The van der Waals surface area contributed by atoms with Crippen molar-refractivity contribution < 1.29 is 13.5 Å². The molecule has 1 atom stereocenters. The number of nitrogens with one attached hydrogen (secondary N) is 1. The van der Waals surface area contributed by atoms with Crippen LogP contribution >= 0.6 is 11.6 Å². The van der Waals surface area contributed by atoms with Crippen LogP contribution in [0.5, 0.6) is 0 Å². The zero-order valence-corrected chi connectivity index (χ0v) is 13.5. The van der Waals surface area contributed by atoms with E-state index in [0.717, 1.165) is 5.56 Å². The number of sulfonamides is 1. The third-order valence-electron chi connectivity index (χ3n) is 3.12. The van der Waals surface area contributed by atoms with Crippen molar-refractivity contribution in [2.75, 3.05) is 6.54 Å². The standard InChI is InChI=1S/C16H18ClNO3S/c17-15-8-6-14(7-9-15)12-22(20,21)18-11-16(19)10-13-4-2-1-3-5-13/h1-9,16,18-19H,10-12H2. The molecule has 2 N–H and O–H groups in total. The number of aliphatic hydroxyl groups is 1. The van der Waals surface area contributed by atoms with Crippen LogP contribution < -0.4 is 4.72 Å². The van der Waals surface area contributed by atoms with Crippen molar-refractivity contribution in [2.24, 2.45) is 0 Å². The Morgan fingerprint density at radius 2 is 1.64 bits per heavy atom. The molecule has 0 bridgehead atoms. The molecule has 22 heavy (non-hydrogen) atoms. The molecule has 0 radical (unpaired) electrons. The lowest BCUT2D eigenvalue weighted by atomic mass is 10.1. The van der Waals surface area contributed by atoms with Crippen molar-refractivity contribution in [3.05, 3.63) is 70.7 Å². The normalized spacial score (nSPS) is 13.0. The lowest BCUT2D eigenvalue weighted by molar-refractivity contribution is 0.179. The maximum Gasteiger partial charge on any atom is 0.215 e. The van der Waals surface area contributed by atoms with Crippen LogP contribution in [0.1, 0.15) is 11.1 Å². The maximum atomic E-state index is 12.0. The van der Waals surface area contributed by atoms with Crippen molar-refractivity contribution in [3.63, 3.8) is 0 Å². The summed E-state index contributed by atoms with van der Waals surface area (Å²) in [5, 5.41) is 10.5. The van der Waals surface area contributed by atoms with Crippen LogP contribution in [-0.4, -0.2) is 26.2 Å². The van der Waals surface area contributed by atoms with E-state index in [1.165, 1.54) is 0 Å². The van der Waals surface area contributed by atoms with Crippen molar-refractivity contribution in [1.29, 1.82) is 0 Å². The predicted octanol–water partition coefficient (Wildman–Crippen LogP) is 2.36. The van der Waals surface area contributed by atoms with Gasteiger partial charge in [-0.3, -0.25) is 0 Å². The van der Waals surface area contributed by atoms with Gasteiger partial charge in [0.25, 0.3) is 0 Å². The summed E-state index contributed by atoms with van der Waals surface area (Å²) in [5.74, 6) is -0.137. The van der Waals surface area contributed by atoms with Gasteiger partial charge in [-0.05, 0) is 29.7 Å². The zero-order valence-electron chi connectivity index (χ0n) is 11.9. The Balaban J connectivity index is 1.85. The third-order valence-corrected chi connectivity index (χ3v) is 4.69. The molecule has 0 spiro atoms. The van der Waals surface area contributed by atoms with E-state index in [-0.39, 0.29) is 12.3 Å². The second-order valence-electron chi connectivity index (χ2n) is 5.08. The minimum absolute atomic E-state index is 0.00911. The Hall–Kier alpha value is -1.40. The van der Waals surface area contributed by atoms with Gasteiger partial charge in [0.1, 0.15) is 0 Å². The Kier molecular flexibility index (Phi) is 5.97. The number of aliphatic hydroxyl groups excluding tert-OH is 1. The SMILES string of the molecule is O=S(=O)(Cc1ccc(Cl)cc1)NCC(O)Cc1ccccc1. The molecule has 0 saturated carbocycles. The Bertz CT molecular complexity index is 687. The highest BCUT2D eigenvalue weighted by Gasteiger charge is 2.14. The average molecular weight is 340 g/mol. The Labute approximate surface area is 135 Å². The Morgan fingerprint density at radius 1 is 1.00 bits per heavy atom. The van der Waals surface area contributed by atoms with Gasteiger partial charge in [0, 0.05) is 11.6 Å². The van der Waals surface area contributed by atoms with E-state index >= 15 is 0 Å². The molecular formula is C16H18ClNO3S. The molecule has 2 rings (SSSR count). The molecule has 0 amide bonds. The van der Waals surface area contributed by atoms with E-state index in [2.05, 4.69) is 4.72 Å². The van der Waals surface area contributed by atoms with Crippen LogP contribution in [0.15, 0.2) is 54.6 Å². The zero-order chi connectivity index (χ0) is 16.0. The van der Waals surface area contributed by atoms with Gasteiger partial charge in [0.15, 0.2) is 0 Å². The summed E-state index contributed by atoms with van der Waals surface area (Å²) in [4.78, 5) is 0. The highest BCUT2D eigenvalue weighted by Crippen LogP contribution is 2.11. The molecule has 0 aliphatic heterocycles. The first-order chi connectivity index (χ1) is 10.4. The van der Waals surface area contributed by atoms with E-state index in [1.54, 1.807) is 24.3 Å². The van der Waals surface area contributed by atoms with Crippen LogP contribution in [0.2, 0.25) is 5.02 Å². The first-order valence-corrected chi connectivity index (χ1v) is 8.91. The Morgan fingerprint density at radius 3 is 2.27 bits per heavy atom. The van der Waals surface area contributed by atoms with Crippen LogP contribution in [0.4, 0.5) is 0 Å².